The van der Waals surface area contributed by atoms with E-state index in [0.29, 0.717) is 5.25 Å². The second kappa shape index (κ2) is 3.71. The van der Waals surface area contributed by atoms with Crippen molar-refractivity contribution in [3.05, 3.63) is 4.91 Å². The fraction of sp³-hybridized carbons (Fsp3) is 0.833. The maximum absolute atomic E-state index is 10.4. The molecule has 4 heteroatoms. The van der Waals surface area contributed by atoms with Gasteiger partial charge in [-0.1, -0.05) is 6.42 Å². The third kappa shape index (κ3) is 2.10. The number of carbonyl (C=O) groups excluding carboxylic acids is 1. The number of amides is 1. The normalized spacial score (nSPS) is 18.0. The van der Waals surface area contributed by atoms with Gasteiger partial charge in [-0.2, -0.15) is 0 Å². The Morgan fingerprint density at radius 2 is 2.30 bits per heavy atom. The Labute approximate surface area is 63.5 Å². The van der Waals surface area contributed by atoms with E-state index in [9.17, 15) is 9.70 Å². The molecule has 1 aliphatic rings. The van der Waals surface area contributed by atoms with Crippen molar-refractivity contribution >= 4 is 17.7 Å². The average molecular weight is 159 g/mol. The van der Waals surface area contributed by atoms with E-state index in [1.54, 1.807) is 11.8 Å². The van der Waals surface area contributed by atoms with Crippen LogP contribution in [0.4, 0.5) is 0 Å². The molecule has 1 saturated carbocycles. The van der Waals surface area contributed by atoms with Crippen LogP contribution in [-0.2, 0) is 4.79 Å². The number of rotatable bonds is 3. The summed E-state index contributed by atoms with van der Waals surface area (Å²) in [5.74, 6) is -0.259. The van der Waals surface area contributed by atoms with Gasteiger partial charge in [0.2, 0.25) is 0 Å². The Morgan fingerprint density at radius 1 is 1.60 bits per heavy atom. The highest BCUT2D eigenvalue weighted by molar-refractivity contribution is 8.00. The first-order valence-electron chi connectivity index (χ1n) is 3.30. The van der Waals surface area contributed by atoms with E-state index in [0.717, 1.165) is 0 Å². The van der Waals surface area contributed by atoms with E-state index >= 15 is 0 Å². The summed E-state index contributed by atoms with van der Waals surface area (Å²) >= 11 is 1.55. The number of nitrogens with zero attached hydrogens (tertiary/aromatic N) is 1. The van der Waals surface area contributed by atoms with Gasteiger partial charge in [0, 0.05) is 10.4 Å². The molecule has 0 unspecified atom stereocenters. The summed E-state index contributed by atoms with van der Waals surface area (Å²) in [7, 11) is 0. The van der Waals surface area contributed by atoms with Crippen molar-refractivity contribution in [2.24, 2.45) is 5.18 Å². The van der Waals surface area contributed by atoms with Crippen LogP contribution >= 0.6 is 11.8 Å². The molecule has 0 bridgehead atoms. The van der Waals surface area contributed by atoms with Crippen molar-refractivity contribution in [2.45, 2.75) is 24.5 Å². The molecule has 0 spiro atoms. The molecule has 0 heterocycles. The minimum absolute atomic E-state index is 0.272. The van der Waals surface area contributed by atoms with E-state index in [1.807, 2.05) is 0 Å². The van der Waals surface area contributed by atoms with Crippen LogP contribution in [0.2, 0.25) is 0 Å². The van der Waals surface area contributed by atoms with Crippen LogP contribution in [0, 0.1) is 4.91 Å². The van der Waals surface area contributed by atoms with Crippen molar-refractivity contribution in [3.63, 3.8) is 0 Å². The molecule has 0 aliphatic heterocycles. The Kier molecular flexibility index (Phi) is 2.86. The molecule has 0 aromatic rings. The second-order valence-electron chi connectivity index (χ2n) is 2.35. The van der Waals surface area contributed by atoms with Gasteiger partial charge in [0.05, 0.1) is 5.75 Å². The third-order valence-electron chi connectivity index (χ3n) is 1.60. The topological polar surface area (TPSA) is 46.5 Å². The van der Waals surface area contributed by atoms with E-state index in [2.05, 4.69) is 5.18 Å². The molecule has 0 N–H and O–H groups in total. The SMILES string of the molecule is O=NC(=O)CSC1CCC1. The van der Waals surface area contributed by atoms with Crippen LogP contribution in [-0.4, -0.2) is 16.9 Å². The zero-order chi connectivity index (χ0) is 7.40. The van der Waals surface area contributed by atoms with Crippen molar-refractivity contribution < 1.29 is 4.79 Å². The zero-order valence-corrected chi connectivity index (χ0v) is 6.39. The Hall–Kier alpha value is -0.380. The van der Waals surface area contributed by atoms with Gasteiger partial charge in [0.25, 0.3) is 5.91 Å². The fourth-order valence-electron chi connectivity index (χ4n) is 0.753. The lowest BCUT2D eigenvalue weighted by Crippen LogP contribution is -2.15. The molecular formula is C6H9NO2S. The summed E-state index contributed by atoms with van der Waals surface area (Å²) in [5, 5.41) is 2.93. The van der Waals surface area contributed by atoms with Crippen LogP contribution in [0.5, 0.6) is 0 Å². The lowest BCUT2D eigenvalue weighted by molar-refractivity contribution is -0.115. The minimum Gasteiger partial charge on any atom is -0.268 e. The summed E-state index contributed by atoms with van der Waals surface area (Å²) in [4.78, 5) is 20.0. The van der Waals surface area contributed by atoms with Gasteiger partial charge in [-0.3, -0.25) is 4.79 Å². The quantitative estimate of drug-likeness (QED) is 0.587. The molecule has 10 heavy (non-hydrogen) atoms. The maximum Gasteiger partial charge on any atom is 0.296 e. The molecule has 56 valence electrons. The summed E-state index contributed by atoms with van der Waals surface area (Å²) in [6.07, 6.45) is 3.65. The fourth-order valence-corrected chi connectivity index (χ4v) is 1.85. The van der Waals surface area contributed by atoms with Crippen LogP contribution < -0.4 is 0 Å². The van der Waals surface area contributed by atoms with Gasteiger partial charge in [-0.25, -0.2) is 0 Å². The summed E-state index contributed by atoms with van der Waals surface area (Å²) < 4.78 is 0. The molecule has 1 aliphatic carbocycles. The molecule has 1 rings (SSSR count). The number of carbonyl (C=O) groups is 1. The van der Waals surface area contributed by atoms with Gasteiger partial charge in [-0.15, -0.1) is 16.7 Å². The molecule has 1 fully saturated rings. The molecule has 0 aromatic heterocycles. The molecule has 0 aromatic carbocycles. The Balaban J connectivity index is 2.03. The molecule has 3 nitrogen and oxygen atoms in total. The average Bonchev–Trinajstić information content (AvgIpc) is 1.84. The smallest absolute Gasteiger partial charge is 0.268 e. The third-order valence-corrected chi connectivity index (χ3v) is 2.95. The monoisotopic (exact) mass is 159 g/mol. The second-order valence-corrected chi connectivity index (χ2v) is 3.64. The number of nitroso groups, excluding NO2 is 1. The van der Waals surface area contributed by atoms with E-state index in [4.69, 9.17) is 0 Å². The summed E-state index contributed by atoms with van der Waals surface area (Å²) in [6, 6.07) is 0. The van der Waals surface area contributed by atoms with E-state index < -0.39 is 5.91 Å². The largest absolute Gasteiger partial charge is 0.296 e. The molecule has 0 radical (unpaired) electrons. The first-order valence-corrected chi connectivity index (χ1v) is 4.35. The summed E-state index contributed by atoms with van der Waals surface area (Å²) in [5.41, 5.74) is 0. The number of hydrogen-bond donors (Lipinski definition) is 0. The molecule has 0 saturated heterocycles. The van der Waals surface area contributed by atoms with Gasteiger partial charge in [-0.05, 0) is 12.8 Å². The predicted octanol–water partition coefficient (Wildman–Crippen LogP) is 1.57. The summed E-state index contributed by atoms with van der Waals surface area (Å²) in [6.45, 7) is 0. The first-order chi connectivity index (χ1) is 4.83. The Morgan fingerprint density at radius 3 is 2.70 bits per heavy atom. The predicted molar refractivity (Wildman–Crippen MR) is 40.9 cm³/mol. The van der Waals surface area contributed by atoms with E-state index in [1.165, 1.54) is 19.3 Å². The van der Waals surface area contributed by atoms with Gasteiger partial charge >= 0.3 is 0 Å². The first kappa shape index (κ1) is 7.72. The lowest BCUT2D eigenvalue weighted by atomic mass is 10.0. The molecule has 0 atom stereocenters. The van der Waals surface area contributed by atoms with Crippen LogP contribution in [0.25, 0.3) is 0 Å². The lowest BCUT2D eigenvalue weighted by Gasteiger charge is -2.23. The van der Waals surface area contributed by atoms with Crippen molar-refractivity contribution in [2.75, 3.05) is 5.75 Å². The highest BCUT2D eigenvalue weighted by Crippen LogP contribution is 2.30. The van der Waals surface area contributed by atoms with Crippen molar-refractivity contribution in [1.82, 2.24) is 0 Å². The van der Waals surface area contributed by atoms with Crippen LogP contribution in [0.15, 0.2) is 5.18 Å². The minimum atomic E-state index is -0.531. The highest BCUT2D eigenvalue weighted by Gasteiger charge is 2.18. The number of thioether (sulfide) groups is 1. The zero-order valence-electron chi connectivity index (χ0n) is 5.58. The van der Waals surface area contributed by atoms with E-state index in [-0.39, 0.29) is 5.75 Å². The maximum atomic E-state index is 10.4. The standard InChI is InChI=1S/C6H9NO2S/c8-6(7-9)4-10-5-2-1-3-5/h5H,1-4H2. The van der Waals surface area contributed by atoms with Crippen LogP contribution in [0.3, 0.4) is 0 Å². The van der Waals surface area contributed by atoms with Crippen LogP contribution in [0.1, 0.15) is 19.3 Å². The van der Waals surface area contributed by atoms with Gasteiger partial charge in [0.15, 0.2) is 0 Å². The molecule has 1 amide bonds. The van der Waals surface area contributed by atoms with Gasteiger partial charge in [0.1, 0.15) is 0 Å². The molecular weight excluding hydrogens is 150 g/mol. The Bertz CT molecular complexity index is 145. The van der Waals surface area contributed by atoms with Gasteiger partial charge < -0.3 is 0 Å². The number of hydrogen-bond acceptors (Lipinski definition) is 3. The van der Waals surface area contributed by atoms with Crippen molar-refractivity contribution in [1.29, 1.82) is 0 Å². The van der Waals surface area contributed by atoms with Crippen molar-refractivity contribution in [3.8, 4) is 0 Å². The highest BCUT2D eigenvalue weighted by atomic mass is 32.2.